The third kappa shape index (κ3) is 3.03. The van der Waals surface area contributed by atoms with Crippen molar-refractivity contribution in [2.24, 2.45) is 0 Å². The molecule has 5 rings (SSSR count). The first-order chi connectivity index (χ1) is 14.6. The third-order valence-corrected chi connectivity index (χ3v) is 5.95. The highest BCUT2D eigenvalue weighted by molar-refractivity contribution is 6.02. The topological polar surface area (TPSA) is 87.3 Å². The van der Waals surface area contributed by atoms with Crippen molar-refractivity contribution < 1.29 is 14.3 Å². The molecule has 1 atom stereocenters. The first kappa shape index (κ1) is 18.4. The number of rotatable bonds is 4. The van der Waals surface area contributed by atoms with Gasteiger partial charge in [-0.25, -0.2) is 4.98 Å². The van der Waals surface area contributed by atoms with Crippen LogP contribution < -0.4 is 15.0 Å². The number of nitrogens with zero attached hydrogens (tertiary/aromatic N) is 2. The van der Waals surface area contributed by atoms with Crippen LogP contribution in [0.4, 0.5) is 5.69 Å². The first-order valence-corrected chi connectivity index (χ1v) is 10.00. The average molecular weight is 402 g/mol. The van der Waals surface area contributed by atoms with E-state index in [4.69, 9.17) is 4.74 Å². The molecule has 0 spiro atoms. The fraction of sp³-hybridized carbons (Fsp3) is 0.261. The molecule has 2 heterocycles. The van der Waals surface area contributed by atoms with Crippen LogP contribution in [0.5, 0.6) is 5.75 Å². The molecule has 0 saturated heterocycles. The predicted octanol–water partition coefficient (Wildman–Crippen LogP) is 2.64. The van der Waals surface area contributed by atoms with E-state index in [2.05, 4.69) is 27.4 Å². The summed E-state index contributed by atoms with van der Waals surface area (Å²) in [6.45, 7) is 0.0629. The molecule has 1 fully saturated rings. The molecule has 1 unspecified atom stereocenters. The number of fused-ring (bicyclic) bond motifs is 1. The Morgan fingerprint density at radius 1 is 1.17 bits per heavy atom. The normalized spacial score (nSPS) is 19.4. The molecule has 2 amide bonds. The van der Waals surface area contributed by atoms with Crippen molar-refractivity contribution in [3.05, 3.63) is 77.9 Å². The maximum atomic E-state index is 12.8. The van der Waals surface area contributed by atoms with Gasteiger partial charge in [0.25, 0.3) is 11.8 Å². The van der Waals surface area contributed by atoms with Gasteiger partial charge in [-0.1, -0.05) is 42.5 Å². The highest BCUT2D eigenvalue weighted by Crippen LogP contribution is 2.52. The largest absolute Gasteiger partial charge is 0.489 e. The number of likely N-dealkylation sites (N-methyl/N-ethyl adjacent to an activating group) is 1. The van der Waals surface area contributed by atoms with Gasteiger partial charge in [0.1, 0.15) is 18.4 Å². The van der Waals surface area contributed by atoms with Crippen molar-refractivity contribution in [3.8, 4) is 5.75 Å². The number of nitrogens with one attached hydrogen (secondary N) is 2. The molecule has 3 aromatic rings. The number of aromatic nitrogens is 2. The van der Waals surface area contributed by atoms with Gasteiger partial charge >= 0.3 is 0 Å². The number of benzene rings is 2. The smallest absolute Gasteiger partial charge is 0.287 e. The quantitative estimate of drug-likeness (QED) is 0.702. The van der Waals surface area contributed by atoms with Crippen LogP contribution in [0.2, 0.25) is 0 Å². The molecule has 2 aromatic carbocycles. The van der Waals surface area contributed by atoms with Crippen LogP contribution in [0.1, 0.15) is 34.7 Å². The van der Waals surface area contributed by atoms with Crippen molar-refractivity contribution in [1.29, 1.82) is 0 Å². The molecule has 1 aromatic heterocycles. The summed E-state index contributed by atoms with van der Waals surface area (Å²) in [5, 5.41) is 2.77. The molecule has 1 aliphatic carbocycles. The monoisotopic (exact) mass is 402 g/mol. The Morgan fingerprint density at radius 2 is 1.90 bits per heavy atom. The van der Waals surface area contributed by atoms with E-state index in [1.807, 2.05) is 36.4 Å². The fourth-order valence-electron chi connectivity index (χ4n) is 4.06. The number of imidazole rings is 1. The summed E-state index contributed by atoms with van der Waals surface area (Å²) in [6.07, 6.45) is 3.75. The molecule has 2 N–H and O–H groups in total. The summed E-state index contributed by atoms with van der Waals surface area (Å²) in [4.78, 5) is 34.6. The molecule has 0 radical (unpaired) electrons. The molecular weight excluding hydrogens is 380 g/mol. The number of para-hydroxylation sites is 2. The minimum atomic E-state index is -0.799. The molecule has 30 heavy (non-hydrogen) atoms. The van der Waals surface area contributed by atoms with E-state index in [1.54, 1.807) is 19.3 Å². The van der Waals surface area contributed by atoms with Crippen LogP contribution in [-0.2, 0) is 10.2 Å². The summed E-state index contributed by atoms with van der Waals surface area (Å²) < 4.78 is 5.76. The van der Waals surface area contributed by atoms with Crippen molar-refractivity contribution in [2.45, 2.75) is 24.3 Å². The Kier molecular flexibility index (Phi) is 4.31. The lowest BCUT2D eigenvalue weighted by Crippen LogP contribution is -2.49. The minimum Gasteiger partial charge on any atom is -0.489 e. The summed E-state index contributed by atoms with van der Waals surface area (Å²) in [5.74, 6) is 0.155. The van der Waals surface area contributed by atoms with E-state index in [9.17, 15) is 9.59 Å². The molecule has 2 aliphatic rings. The number of H-pyrrole nitrogens is 1. The Balaban J connectivity index is 1.33. The average Bonchev–Trinajstić information content (AvgIpc) is 3.47. The zero-order chi connectivity index (χ0) is 20.7. The van der Waals surface area contributed by atoms with Crippen molar-refractivity contribution in [1.82, 2.24) is 15.3 Å². The summed E-state index contributed by atoms with van der Waals surface area (Å²) in [5.41, 5.74) is 2.72. The second kappa shape index (κ2) is 7.02. The molecule has 0 bridgehead atoms. The highest BCUT2D eigenvalue weighted by atomic mass is 16.5. The van der Waals surface area contributed by atoms with E-state index in [1.165, 1.54) is 10.5 Å². The number of amides is 2. The van der Waals surface area contributed by atoms with Crippen LogP contribution in [0.25, 0.3) is 0 Å². The van der Waals surface area contributed by atoms with Crippen LogP contribution in [-0.4, -0.2) is 41.5 Å². The number of carbonyl (C=O) groups is 2. The van der Waals surface area contributed by atoms with Gasteiger partial charge in [-0.15, -0.1) is 0 Å². The van der Waals surface area contributed by atoms with Gasteiger partial charge in [-0.05, 0) is 30.5 Å². The van der Waals surface area contributed by atoms with Crippen molar-refractivity contribution in [2.75, 3.05) is 18.6 Å². The number of ether oxygens (including phenoxy) is 1. The summed E-state index contributed by atoms with van der Waals surface area (Å²) >= 11 is 0. The van der Waals surface area contributed by atoms with Crippen LogP contribution in [0, 0.1) is 0 Å². The first-order valence-electron chi connectivity index (χ1n) is 10.00. The van der Waals surface area contributed by atoms with Crippen molar-refractivity contribution in [3.63, 3.8) is 0 Å². The standard InChI is InChI=1S/C23H22N4O3/c1-27-17-9-5-6-10-18(17)30-14-16(22(27)29)25-21(28)20-24-13-19(26-20)23(11-12-23)15-7-3-2-4-8-15/h2-10,13,16H,11-12,14H2,1H3,(H,24,26)(H,25,28). The van der Waals surface area contributed by atoms with E-state index in [-0.39, 0.29) is 23.8 Å². The van der Waals surface area contributed by atoms with E-state index in [0.717, 1.165) is 18.5 Å². The van der Waals surface area contributed by atoms with Crippen LogP contribution in [0.15, 0.2) is 60.8 Å². The van der Waals surface area contributed by atoms with Gasteiger partial charge in [0.15, 0.2) is 5.82 Å². The van der Waals surface area contributed by atoms with Crippen LogP contribution >= 0.6 is 0 Å². The van der Waals surface area contributed by atoms with Crippen LogP contribution in [0.3, 0.4) is 0 Å². The van der Waals surface area contributed by atoms with Gasteiger partial charge in [0.05, 0.1) is 5.69 Å². The van der Waals surface area contributed by atoms with Gasteiger partial charge in [0, 0.05) is 24.4 Å². The number of hydrogen-bond donors (Lipinski definition) is 2. The molecule has 1 aliphatic heterocycles. The van der Waals surface area contributed by atoms with Gasteiger partial charge < -0.3 is 19.9 Å². The maximum absolute atomic E-state index is 12.8. The SMILES string of the molecule is CN1C(=O)C(NC(=O)c2ncc(C3(c4ccccc4)CC3)[nH]2)COc2ccccc21. The number of anilines is 1. The number of aromatic amines is 1. The lowest BCUT2D eigenvalue weighted by molar-refractivity contribution is -0.120. The van der Waals surface area contributed by atoms with Gasteiger partial charge in [-0.3, -0.25) is 9.59 Å². The second-order valence-electron chi connectivity index (χ2n) is 7.80. The van der Waals surface area contributed by atoms with Crippen molar-refractivity contribution >= 4 is 17.5 Å². The Morgan fingerprint density at radius 3 is 2.67 bits per heavy atom. The van der Waals surface area contributed by atoms with Gasteiger partial charge in [0.2, 0.25) is 0 Å². The Labute approximate surface area is 174 Å². The molecule has 152 valence electrons. The Hall–Kier alpha value is -3.61. The Bertz CT molecular complexity index is 1100. The molecule has 7 nitrogen and oxygen atoms in total. The fourth-order valence-corrected chi connectivity index (χ4v) is 4.06. The zero-order valence-electron chi connectivity index (χ0n) is 16.6. The number of carbonyl (C=O) groups excluding carboxylic acids is 2. The molecule has 7 heteroatoms. The lowest BCUT2D eigenvalue weighted by Gasteiger charge is -2.20. The van der Waals surface area contributed by atoms with Gasteiger partial charge in [-0.2, -0.15) is 0 Å². The molecular formula is C23H22N4O3. The van der Waals surface area contributed by atoms with E-state index in [0.29, 0.717) is 11.4 Å². The summed E-state index contributed by atoms with van der Waals surface area (Å²) in [6, 6.07) is 16.7. The van der Waals surface area contributed by atoms with E-state index < -0.39 is 11.9 Å². The highest BCUT2D eigenvalue weighted by Gasteiger charge is 2.47. The van der Waals surface area contributed by atoms with E-state index >= 15 is 0 Å². The predicted molar refractivity (Wildman–Crippen MR) is 112 cm³/mol. The second-order valence-corrected chi connectivity index (χ2v) is 7.80. The lowest BCUT2D eigenvalue weighted by atomic mass is 9.93. The zero-order valence-corrected chi connectivity index (χ0v) is 16.6. The molecule has 1 saturated carbocycles. The minimum absolute atomic E-state index is 0.0629. The maximum Gasteiger partial charge on any atom is 0.287 e. The third-order valence-electron chi connectivity index (χ3n) is 5.95. The summed E-state index contributed by atoms with van der Waals surface area (Å²) in [7, 11) is 1.68. The number of hydrogen-bond acceptors (Lipinski definition) is 4.